The summed E-state index contributed by atoms with van der Waals surface area (Å²) in [6.07, 6.45) is 17.3. The summed E-state index contributed by atoms with van der Waals surface area (Å²) < 4.78 is 5.40. The first-order valence-corrected chi connectivity index (χ1v) is 16.8. The number of Topliss-reactive ketones (excluding diaryl/α,β-unsaturated/α-hetero) is 1. The number of amides is 2. The van der Waals surface area contributed by atoms with Crippen LogP contribution in [0.3, 0.4) is 0 Å². The van der Waals surface area contributed by atoms with Gasteiger partial charge in [0.2, 0.25) is 11.8 Å². The van der Waals surface area contributed by atoms with Crippen LogP contribution in [0, 0.1) is 29.6 Å². The Morgan fingerprint density at radius 2 is 1.77 bits per heavy atom. The van der Waals surface area contributed by atoms with Crippen molar-refractivity contribution in [2.45, 2.75) is 106 Å². The third-order valence-corrected chi connectivity index (χ3v) is 8.39. The molecule has 48 heavy (non-hydrogen) atoms. The van der Waals surface area contributed by atoms with Crippen molar-refractivity contribution < 1.29 is 38.9 Å². The predicted molar refractivity (Wildman–Crippen MR) is 187 cm³/mol. The van der Waals surface area contributed by atoms with Gasteiger partial charge in [0.15, 0.2) is 5.78 Å². The molecule has 0 bridgehead atoms. The first kappa shape index (κ1) is 42.0. The Kier molecular flexibility index (Phi) is 18.4. The van der Waals surface area contributed by atoms with Gasteiger partial charge in [0.1, 0.15) is 12.1 Å². The van der Waals surface area contributed by atoms with E-state index < -0.39 is 35.8 Å². The quantitative estimate of drug-likeness (QED) is 0.0567. The summed E-state index contributed by atoms with van der Waals surface area (Å²) in [5, 5.41) is 22.6. The van der Waals surface area contributed by atoms with Crippen molar-refractivity contribution in [2.24, 2.45) is 35.3 Å². The number of ketones is 1. The Morgan fingerprint density at radius 3 is 2.38 bits per heavy atom. The van der Waals surface area contributed by atoms with Crippen molar-refractivity contribution in [3.8, 4) is 0 Å². The molecule has 10 heteroatoms. The van der Waals surface area contributed by atoms with Gasteiger partial charge < -0.3 is 26.0 Å². The fraction of sp³-hybridized carbons (Fsp3) is 0.553. The summed E-state index contributed by atoms with van der Waals surface area (Å²) >= 11 is 0. The normalized spacial score (nSPS) is 21.4. The van der Waals surface area contributed by atoms with E-state index in [4.69, 9.17) is 10.5 Å². The van der Waals surface area contributed by atoms with E-state index in [1.165, 1.54) is 17.7 Å². The number of ether oxygens (including phenoxy) is 1. The third-order valence-electron chi connectivity index (χ3n) is 8.39. The summed E-state index contributed by atoms with van der Waals surface area (Å²) in [6.45, 7) is 15.2. The van der Waals surface area contributed by atoms with Gasteiger partial charge in [0, 0.05) is 30.4 Å². The molecule has 0 saturated carbocycles. The number of rotatable bonds is 20. The lowest BCUT2D eigenvalue weighted by Gasteiger charge is -2.25. The molecule has 1 aliphatic heterocycles. The minimum Gasteiger partial charge on any atom is -0.480 e. The summed E-state index contributed by atoms with van der Waals surface area (Å²) in [4.78, 5) is 59.5. The molecule has 1 rings (SSSR count). The molecule has 0 spiro atoms. The van der Waals surface area contributed by atoms with Gasteiger partial charge in [-0.1, -0.05) is 89.1 Å². The zero-order valence-corrected chi connectivity index (χ0v) is 29.8. The van der Waals surface area contributed by atoms with Gasteiger partial charge in [0.25, 0.3) is 0 Å². The number of hydrogen-bond acceptors (Lipinski definition) is 7. The molecule has 1 aliphatic rings. The highest BCUT2D eigenvalue weighted by Gasteiger charge is 2.28. The molecular weight excluding hydrogens is 612 g/mol. The smallest absolute Gasteiger partial charge is 0.331 e. The number of hydrogen-bond donors (Lipinski definition) is 4. The first-order valence-electron chi connectivity index (χ1n) is 16.8. The molecule has 0 saturated heterocycles. The van der Waals surface area contributed by atoms with E-state index in [-0.39, 0.29) is 54.4 Å². The Bertz CT molecular complexity index is 1320. The van der Waals surface area contributed by atoms with Crippen LogP contribution in [0.25, 0.3) is 0 Å². The summed E-state index contributed by atoms with van der Waals surface area (Å²) in [5.74, 6) is -3.61. The maximum Gasteiger partial charge on any atom is 0.331 e. The number of aliphatic hydroxyl groups is 1. The van der Waals surface area contributed by atoms with E-state index in [2.05, 4.69) is 37.4 Å². The molecule has 0 aliphatic carbocycles. The van der Waals surface area contributed by atoms with Gasteiger partial charge in [-0.25, -0.2) is 9.59 Å². The van der Waals surface area contributed by atoms with Crippen molar-refractivity contribution in [3.63, 3.8) is 0 Å². The second-order valence-electron chi connectivity index (χ2n) is 13.1. The highest BCUT2D eigenvalue weighted by atomic mass is 16.5. The van der Waals surface area contributed by atoms with Crippen LogP contribution in [0.2, 0.25) is 0 Å². The SMILES string of the molecule is CCC(C=C[C@@H]1OC(=O)C=C[C@@H]1C)=C[C@H](C)CC=CC(C)C=C(C)C(=O)[C@@H](C)[C@H](O)[C@@H](C)CC(C)=CC(=O)NC(CCC(N)=O)C(=O)O. The minimum absolute atomic E-state index is 0.00857. The molecule has 0 radical (unpaired) electrons. The van der Waals surface area contributed by atoms with Crippen molar-refractivity contribution in [2.75, 3.05) is 0 Å². The van der Waals surface area contributed by atoms with E-state index in [1.54, 1.807) is 27.7 Å². The highest BCUT2D eigenvalue weighted by Crippen LogP contribution is 2.24. The van der Waals surface area contributed by atoms with E-state index in [0.717, 1.165) is 12.8 Å². The van der Waals surface area contributed by atoms with Crippen LogP contribution in [-0.2, 0) is 28.7 Å². The number of aliphatic hydroxyl groups excluding tert-OH is 1. The fourth-order valence-electron chi connectivity index (χ4n) is 5.49. The van der Waals surface area contributed by atoms with Gasteiger partial charge in [-0.3, -0.25) is 14.4 Å². The number of carbonyl (C=O) groups is 5. The van der Waals surface area contributed by atoms with Crippen molar-refractivity contribution >= 4 is 29.5 Å². The summed E-state index contributed by atoms with van der Waals surface area (Å²) in [6, 6.07) is -1.25. The van der Waals surface area contributed by atoms with E-state index >= 15 is 0 Å². The average Bonchev–Trinajstić information content (AvgIpc) is 3.00. The lowest BCUT2D eigenvalue weighted by molar-refractivity contribution is -0.143. The Morgan fingerprint density at radius 1 is 1.10 bits per heavy atom. The van der Waals surface area contributed by atoms with Gasteiger partial charge in [-0.15, -0.1) is 0 Å². The predicted octanol–water partition coefficient (Wildman–Crippen LogP) is 5.54. The first-order chi connectivity index (χ1) is 22.4. The molecule has 266 valence electrons. The van der Waals surface area contributed by atoms with Crippen molar-refractivity contribution in [3.05, 3.63) is 71.4 Å². The molecule has 2 amide bonds. The molecule has 0 aromatic carbocycles. The molecule has 5 N–H and O–H groups in total. The zero-order valence-electron chi connectivity index (χ0n) is 29.8. The summed E-state index contributed by atoms with van der Waals surface area (Å²) in [5.41, 5.74) is 7.41. The number of nitrogens with one attached hydrogen (secondary N) is 1. The zero-order chi connectivity index (χ0) is 36.6. The number of cyclic esters (lactones) is 1. The fourth-order valence-corrected chi connectivity index (χ4v) is 5.49. The van der Waals surface area contributed by atoms with Crippen LogP contribution in [0.15, 0.2) is 71.4 Å². The molecular formula is C38H56N2O8. The molecule has 2 unspecified atom stereocenters. The van der Waals surface area contributed by atoms with Crippen LogP contribution in [0.5, 0.6) is 0 Å². The lowest BCUT2D eigenvalue weighted by atomic mass is 9.84. The second kappa shape index (κ2) is 21.0. The van der Waals surface area contributed by atoms with Crippen LogP contribution in [0.1, 0.15) is 87.5 Å². The average molecular weight is 669 g/mol. The molecule has 8 atom stereocenters. The van der Waals surface area contributed by atoms with Crippen LogP contribution in [-0.4, -0.2) is 58.0 Å². The van der Waals surface area contributed by atoms with Gasteiger partial charge in [-0.05, 0) is 68.9 Å². The van der Waals surface area contributed by atoms with E-state index in [0.29, 0.717) is 17.6 Å². The van der Waals surface area contributed by atoms with Gasteiger partial charge in [-0.2, -0.15) is 0 Å². The maximum absolute atomic E-state index is 13.2. The van der Waals surface area contributed by atoms with E-state index in [1.807, 2.05) is 38.2 Å². The summed E-state index contributed by atoms with van der Waals surface area (Å²) in [7, 11) is 0. The Hall–Kier alpha value is -4.05. The Labute approximate surface area is 285 Å². The van der Waals surface area contributed by atoms with Crippen LogP contribution in [0.4, 0.5) is 0 Å². The van der Waals surface area contributed by atoms with Gasteiger partial charge >= 0.3 is 11.9 Å². The number of allylic oxidation sites excluding steroid dienone is 8. The topological polar surface area (TPSA) is 173 Å². The standard InChI is InChI=1S/C38H56N2O8/c1-9-30(14-16-32-26(5)13-18-35(43)48-32)21-24(3)12-10-11-23(2)19-27(6)36(44)29(8)37(45)28(7)20-25(4)22-34(42)40-31(38(46)47)15-17-33(39)41/h10-11,13-14,16,18-19,21-24,26,28-29,31-32,37,45H,9,12,15,17,20H2,1-8H3,(H2,39,41)(H,40,42)(H,46,47)/t23?,24-,26+,28+,29-,31?,32+,37-/m1/s1. The number of carboxylic acids is 1. The molecule has 1 heterocycles. The number of esters is 1. The molecule has 10 nitrogen and oxygen atoms in total. The maximum atomic E-state index is 13.2. The van der Waals surface area contributed by atoms with E-state index in [9.17, 15) is 34.2 Å². The molecule has 0 fully saturated rings. The van der Waals surface area contributed by atoms with Crippen LogP contribution < -0.4 is 11.1 Å². The highest BCUT2D eigenvalue weighted by molar-refractivity contribution is 5.96. The number of carboxylic acid groups (broad SMARTS) is 1. The number of primary amides is 1. The molecule has 0 aromatic rings. The second-order valence-corrected chi connectivity index (χ2v) is 13.1. The van der Waals surface area contributed by atoms with Gasteiger partial charge in [0.05, 0.1) is 6.10 Å². The van der Waals surface area contributed by atoms with Crippen molar-refractivity contribution in [1.82, 2.24) is 5.32 Å². The monoisotopic (exact) mass is 668 g/mol. The van der Waals surface area contributed by atoms with Crippen LogP contribution >= 0.6 is 0 Å². The molecule has 0 aromatic heterocycles. The largest absolute Gasteiger partial charge is 0.480 e. The Balaban J connectivity index is 2.71. The number of nitrogens with two attached hydrogens (primary N) is 1. The third kappa shape index (κ3) is 15.7. The lowest BCUT2D eigenvalue weighted by Crippen LogP contribution is -2.40. The minimum atomic E-state index is -1.27. The number of carbonyl (C=O) groups excluding carboxylic acids is 4. The number of aliphatic carboxylic acids is 1. The van der Waals surface area contributed by atoms with Crippen molar-refractivity contribution in [1.29, 1.82) is 0 Å².